The molecule has 2 heterocycles. The number of hydrogen-bond donors (Lipinski definition) is 1. The van der Waals surface area contributed by atoms with E-state index in [4.69, 9.17) is 4.74 Å². The Kier molecular flexibility index (Phi) is 5.41. The topological polar surface area (TPSA) is 44.8 Å². The quantitative estimate of drug-likeness (QED) is 0.746. The third-order valence-corrected chi connectivity index (χ3v) is 3.80. The molecule has 0 aromatic carbocycles. The average molecular weight is 255 g/mol. The molecule has 1 N–H and O–H groups in total. The van der Waals surface area contributed by atoms with E-state index in [9.17, 15) is 4.79 Å². The van der Waals surface area contributed by atoms with Crippen LogP contribution in [0.2, 0.25) is 0 Å². The van der Waals surface area contributed by atoms with Crippen molar-refractivity contribution in [1.82, 2.24) is 15.1 Å². The van der Waals surface area contributed by atoms with E-state index in [-0.39, 0.29) is 5.91 Å². The van der Waals surface area contributed by atoms with Crippen molar-refractivity contribution in [2.75, 3.05) is 52.9 Å². The molecule has 1 atom stereocenters. The molecular formula is C13H25N3O2. The van der Waals surface area contributed by atoms with Gasteiger partial charge < -0.3 is 15.0 Å². The molecule has 1 unspecified atom stereocenters. The molecule has 104 valence electrons. The number of hydrogen-bond acceptors (Lipinski definition) is 4. The fourth-order valence-corrected chi connectivity index (χ4v) is 2.65. The van der Waals surface area contributed by atoms with Gasteiger partial charge in [0.15, 0.2) is 0 Å². The molecule has 2 aliphatic rings. The second kappa shape index (κ2) is 7.07. The fourth-order valence-electron chi connectivity index (χ4n) is 2.65. The van der Waals surface area contributed by atoms with Crippen molar-refractivity contribution in [2.24, 2.45) is 0 Å². The molecule has 0 radical (unpaired) electrons. The zero-order valence-corrected chi connectivity index (χ0v) is 11.4. The van der Waals surface area contributed by atoms with E-state index in [0.29, 0.717) is 12.5 Å². The second-order valence-electron chi connectivity index (χ2n) is 5.17. The summed E-state index contributed by atoms with van der Waals surface area (Å²) in [5.41, 5.74) is 0. The predicted octanol–water partition coefficient (Wildman–Crippen LogP) is -0.0809. The molecule has 5 heteroatoms. The number of amides is 1. The number of ether oxygens (including phenoxy) is 1. The second-order valence-corrected chi connectivity index (χ2v) is 5.17. The van der Waals surface area contributed by atoms with Gasteiger partial charge in [-0.2, -0.15) is 0 Å². The lowest BCUT2D eigenvalue weighted by Crippen LogP contribution is -2.50. The van der Waals surface area contributed by atoms with Crippen LogP contribution < -0.4 is 5.32 Å². The van der Waals surface area contributed by atoms with Crippen molar-refractivity contribution >= 4 is 5.91 Å². The monoisotopic (exact) mass is 255 g/mol. The maximum Gasteiger partial charge on any atom is 0.223 e. The first-order valence-corrected chi connectivity index (χ1v) is 7.06. The van der Waals surface area contributed by atoms with Crippen molar-refractivity contribution in [3.05, 3.63) is 0 Å². The lowest BCUT2D eigenvalue weighted by atomic mass is 10.2. The number of piperazine rings is 1. The van der Waals surface area contributed by atoms with E-state index in [1.807, 2.05) is 11.9 Å². The van der Waals surface area contributed by atoms with Gasteiger partial charge in [0.25, 0.3) is 0 Å². The SMILES string of the molecule is CNCCC(=O)N1CCN(CC2CCCO2)CC1. The van der Waals surface area contributed by atoms with Gasteiger partial charge in [-0.05, 0) is 19.9 Å². The predicted molar refractivity (Wildman–Crippen MR) is 70.5 cm³/mol. The van der Waals surface area contributed by atoms with Crippen LogP contribution in [0.25, 0.3) is 0 Å². The smallest absolute Gasteiger partial charge is 0.223 e. The zero-order valence-electron chi connectivity index (χ0n) is 11.4. The molecule has 0 saturated carbocycles. The molecule has 18 heavy (non-hydrogen) atoms. The highest BCUT2D eigenvalue weighted by molar-refractivity contribution is 5.76. The van der Waals surface area contributed by atoms with Crippen LogP contribution in [-0.2, 0) is 9.53 Å². The van der Waals surface area contributed by atoms with Gasteiger partial charge in [0.05, 0.1) is 6.10 Å². The van der Waals surface area contributed by atoms with Crippen LogP contribution in [-0.4, -0.2) is 74.7 Å². The Morgan fingerprint density at radius 2 is 2.11 bits per heavy atom. The van der Waals surface area contributed by atoms with Gasteiger partial charge in [0, 0.05) is 52.3 Å². The van der Waals surface area contributed by atoms with Crippen LogP contribution in [0.1, 0.15) is 19.3 Å². The van der Waals surface area contributed by atoms with Gasteiger partial charge in [-0.25, -0.2) is 0 Å². The van der Waals surface area contributed by atoms with Gasteiger partial charge in [0.1, 0.15) is 0 Å². The summed E-state index contributed by atoms with van der Waals surface area (Å²) in [6.07, 6.45) is 3.44. The van der Waals surface area contributed by atoms with Crippen molar-refractivity contribution < 1.29 is 9.53 Å². The van der Waals surface area contributed by atoms with E-state index in [1.165, 1.54) is 12.8 Å². The summed E-state index contributed by atoms with van der Waals surface area (Å²) in [6, 6.07) is 0. The third kappa shape index (κ3) is 3.93. The minimum Gasteiger partial charge on any atom is -0.377 e. The molecule has 0 spiro atoms. The number of nitrogens with zero attached hydrogens (tertiary/aromatic N) is 2. The number of rotatable bonds is 5. The number of carbonyl (C=O) groups is 1. The van der Waals surface area contributed by atoms with Gasteiger partial charge >= 0.3 is 0 Å². The van der Waals surface area contributed by atoms with Crippen LogP contribution in [0.3, 0.4) is 0 Å². The van der Waals surface area contributed by atoms with E-state index >= 15 is 0 Å². The molecule has 0 aliphatic carbocycles. The summed E-state index contributed by atoms with van der Waals surface area (Å²) in [5, 5.41) is 3.02. The lowest BCUT2D eigenvalue weighted by molar-refractivity contribution is -0.133. The van der Waals surface area contributed by atoms with Crippen LogP contribution in [0.15, 0.2) is 0 Å². The van der Waals surface area contributed by atoms with E-state index in [0.717, 1.165) is 45.9 Å². The van der Waals surface area contributed by atoms with Crippen LogP contribution in [0.5, 0.6) is 0 Å². The molecule has 1 amide bonds. The Labute approximate surface area is 109 Å². The highest BCUT2D eigenvalue weighted by atomic mass is 16.5. The summed E-state index contributed by atoms with van der Waals surface area (Å²) in [4.78, 5) is 16.3. The van der Waals surface area contributed by atoms with Crippen molar-refractivity contribution in [2.45, 2.75) is 25.4 Å². The molecule has 5 nitrogen and oxygen atoms in total. The summed E-state index contributed by atoms with van der Waals surface area (Å²) < 4.78 is 5.65. The van der Waals surface area contributed by atoms with E-state index in [2.05, 4.69) is 10.2 Å². The van der Waals surface area contributed by atoms with Crippen LogP contribution in [0.4, 0.5) is 0 Å². The minimum absolute atomic E-state index is 0.279. The van der Waals surface area contributed by atoms with Gasteiger partial charge in [-0.15, -0.1) is 0 Å². The lowest BCUT2D eigenvalue weighted by Gasteiger charge is -2.35. The Hall–Kier alpha value is -0.650. The first kappa shape index (κ1) is 13.8. The van der Waals surface area contributed by atoms with Crippen molar-refractivity contribution in [1.29, 1.82) is 0 Å². The molecular weight excluding hydrogens is 230 g/mol. The maximum absolute atomic E-state index is 11.9. The summed E-state index contributed by atoms with van der Waals surface area (Å²) >= 11 is 0. The van der Waals surface area contributed by atoms with Crippen molar-refractivity contribution in [3.63, 3.8) is 0 Å². The maximum atomic E-state index is 11.9. The Morgan fingerprint density at radius 3 is 2.72 bits per heavy atom. The Morgan fingerprint density at radius 1 is 1.33 bits per heavy atom. The minimum atomic E-state index is 0.279. The molecule has 2 rings (SSSR count). The highest BCUT2D eigenvalue weighted by Crippen LogP contribution is 2.14. The Bertz CT molecular complexity index is 259. The standard InChI is InChI=1S/C13H25N3O2/c1-14-5-4-13(17)16-8-6-15(7-9-16)11-12-3-2-10-18-12/h12,14H,2-11H2,1H3. The fraction of sp³-hybridized carbons (Fsp3) is 0.923. The molecule has 0 bridgehead atoms. The first-order chi connectivity index (χ1) is 8.79. The van der Waals surface area contributed by atoms with Crippen LogP contribution in [0, 0.1) is 0 Å². The van der Waals surface area contributed by atoms with Crippen molar-refractivity contribution in [3.8, 4) is 0 Å². The molecule has 2 saturated heterocycles. The highest BCUT2D eigenvalue weighted by Gasteiger charge is 2.24. The summed E-state index contributed by atoms with van der Waals surface area (Å²) in [5.74, 6) is 0.279. The number of nitrogens with one attached hydrogen (secondary N) is 1. The summed E-state index contributed by atoms with van der Waals surface area (Å²) in [6.45, 7) is 6.46. The van der Waals surface area contributed by atoms with Crippen LogP contribution >= 0.6 is 0 Å². The Balaban J connectivity index is 1.65. The molecule has 0 aromatic heterocycles. The van der Waals surface area contributed by atoms with Gasteiger partial charge in [-0.3, -0.25) is 9.69 Å². The van der Waals surface area contributed by atoms with Gasteiger partial charge in [-0.1, -0.05) is 0 Å². The third-order valence-electron chi connectivity index (χ3n) is 3.80. The number of carbonyl (C=O) groups excluding carboxylic acids is 1. The zero-order chi connectivity index (χ0) is 12.8. The normalized spacial score (nSPS) is 25.6. The van der Waals surface area contributed by atoms with E-state index < -0.39 is 0 Å². The largest absolute Gasteiger partial charge is 0.377 e. The average Bonchev–Trinajstić information content (AvgIpc) is 2.89. The molecule has 0 aromatic rings. The van der Waals surface area contributed by atoms with Gasteiger partial charge in [0.2, 0.25) is 5.91 Å². The molecule has 2 aliphatic heterocycles. The van der Waals surface area contributed by atoms with E-state index in [1.54, 1.807) is 0 Å². The first-order valence-electron chi connectivity index (χ1n) is 7.06. The summed E-state index contributed by atoms with van der Waals surface area (Å²) in [7, 11) is 1.88. The molecule has 2 fully saturated rings.